The fourth-order valence-electron chi connectivity index (χ4n) is 4.55. The number of anilines is 2. The number of nitrogens with one attached hydrogen (secondary N) is 1. The number of fused-ring (bicyclic) bond motifs is 1. The van der Waals surface area contributed by atoms with Crippen LogP contribution in [0.1, 0.15) is 53.2 Å². The van der Waals surface area contributed by atoms with E-state index in [1.807, 2.05) is 38.1 Å². The average Bonchev–Trinajstić information content (AvgIpc) is 3.41. The van der Waals surface area contributed by atoms with Crippen LogP contribution in [-0.2, 0) is 4.74 Å². The number of thiophene rings is 1. The molecular weight excluding hydrogens is 516 g/mol. The van der Waals surface area contributed by atoms with E-state index in [0.717, 1.165) is 15.3 Å². The molecule has 1 aromatic heterocycles. The van der Waals surface area contributed by atoms with Gasteiger partial charge in [0.2, 0.25) is 0 Å². The van der Waals surface area contributed by atoms with E-state index >= 15 is 0 Å². The van der Waals surface area contributed by atoms with Crippen LogP contribution in [0, 0.1) is 6.92 Å². The lowest BCUT2D eigenvalue weighted by Gasteiger charge is -2.15. The molecule has 1 aliphatic rings. The first-order valence-electron chi connectivity index (χ1n) is 12.2. The summed E-state index contributed by atoms with van der Waals surface area (Å²) in [6, 6.07) is 20.2. The Kier molecular flexibility index (Phi) is 7.00. The molecule has 8 nitrogen and oxygen atoms in total. The first-order chi connectivity index (χ1) is 18.8. The Morgan fingerprint density at radius 3 is 2.21 bits per heavy atom. The molecular formula is C30H24N2O6S. The Bertz CT molecular complexity index is 1590. The molecule has 39 heavy (non-hydrogen) atoms. The molecule has 0 spiro atoms. The van der Waals surface area contributed by atoms with Crippen LogP contribution in [0.3, 0.4) is 0 Å². The van der Waals surface area contributed by atoms with E-state index in [1.54, 1.807) is 42.5 Å². The van der Waals surface area contributed by atoms with Gasteiger partial charge in [-0.2, -0.15) is 0 Å². The quantitative estimate of drug-likeness (QED) is 0.229. The number of carbonyl (C=O) groups excluding carboxylic acids is 4. The molecule has 9 heteroatoms. The summed E-state index contributed by atoms with van der Waals surface area (Å²) in [6.45, 7) is 4.30. The third-order valence-corrected chi connectivity index (χ3v) is 7.34. The normalized spacial score (nSPS) is 12.3. The van der Waals surface area contributed by atoms with Gasteiger partial charge in [0, 0.05) is 16.0 Å². The molecule has 196 valence electrons. The average molecular weight is 541 g/mol. The predicted octanol–water partition coefficient (Wildman–Crippen LogP) is 5.96. The molecule has 1 aliphatic heterocycles. The minimum absolute atomic E-state index is 0.216. The maximum Gasteiger partial charge on any atom is 0.341 e. The van der Waals surface area contributed by atoms with Gasteiger partial charge in [0.05, 0.1) is 30.5 Å². The van der Waals surface area contributed by atoms with E-state index in [4.69, 9.17) is 9.47 Å². The highest BCUT2D eigenvalue weighted by Gasteiger charge is 2.36. The van der Waals surface area contributed by atoms with Gasteiger partial charge in [-0.05, 0) is 61.9 Å². The minimum Gasteiger partial charge on any atom is -0.494 e. The molecule has 0 fully saturated rings. The van der Waals surface area contributed by atoms with Crippen molar-refractivity contribution in [3.05, 3.63) is 99.9 Å². The minimum atomic E-state index is -0.585. The number of benzene rings is 3. The summed E-state index contributed by atoms with van der Waals surface area (Å²) >= 11 is 1.26. The molecule has 0 atom stereocenters. The van der Waals surface area contributed by atoms with Crippen molar-refractivity contribution < 1.29 is 28.7 Å². The third-order valence-electron chi connectivity index (χ3n) is 6.32. The van der Waals surface area contributed by atoms with Crippen LogP contribution < -0.4 is 15.0 Å². The molecule has 3 aromatic carbocycles. The van der Waals surface area contributed by atoms with Crippen molar-refractivity contribution in [2.24, 2.45) is 0 Å². The molecule has 0 radical (unpaired) electrons. The number of hydrogen-bond acceptors (Lipinski definition) is 7. The highest BCUT2D eigenvalue weighted by molar-refractivity contribution is 7.17. The second-order valence-corrected chi connectivity index (χ2v) is 9.91. The number of ether oxygens (including phenoxy) is 2. The van der Waals surface area contributed by atoms with Gasteiger partial charge in [-0.15, -0.1) is 11.3 Å². The molecule has 4 aromatic rings. The molecule has 1 N–H and O–H groups in total. The van der Waals surface area contributed by atoms with Gasteiger partial charge in [-0.25, -0.2) is 9.69 Å². The number of rotatable bonds is 7. The molecule has 2 heterocycles. The van der Waals surface area contributed by atoms with Crippen LogP contribution >= 0.6 is 11.3 Å². The number of carbonyl (C=O) groups is 4. The molecule has 3 amide bonds. The van der Waals surface area contributed by atoms with Gasteiger partial charge >= 0.3 is 5.97 Å². The third kappa shape index (κ3) is 4.68. The van der Waals surface area contributed by atoms with Crippen molar-refractivity contribution in [1.82, 2.24) is 0 Å². The number of aryl methyl sites for hydroxylation is 1. The van der Waals surface area contributed by atoms with Crippen molar-refractivity contribution in [2.75, 3.05) is 23.9 Å². The van der Waals surface area contributed by atoms with Gasteiger partial charge in [-0.1, -0.05) is 30.3 Å². The Morgan fingerprint density at radius 2 is 1.59 bits per heavy atom. The summed E-state index contributed by atoms with van der Waals surface area (Å²) in [7, 11) is 1.29. The zero-order valence-corrected chi connectivity index (χ0v) is 22.3. The Balaban J connectivity index is 1.46. The summed E-state index contributed by atoms with van der Waals surface area (Å²) in [4.78, 5) is 53.9. The smallest absolute Gasteiger partial charge is 0.341 e. The highest BCUT2D eigenvalue weighted by atomic mass is 32.1. The van der Waals surface area contributed by atoms with Crippen molar-refractivity contribution >= 4 is 45.7 Å². The highest BCUT2D eigenvalue weighted by Crippen LogP contribution is 2.41. The topological polar surface area (TPSA) is 102 Å². The first kappa shape index (κ1) is 25.9. The van der Waals surface area contributed by atoms with Crippen LogP contribution in [0.15, 0.2) is 72.8 Å². The Hall–Kier alpha value is -4.76. The SMILES string of the molecule is CCOc1ccc(-c2c(C)sc(NC(=O)c3cccc(N4C(=O)c5ccccc5C4=O)c3)c2C(=O)OC)cc1. The largest absolute Gasteiger partial charge is 0.494 e. The van der Waals surface area contributed by atoms with Crippen molar-refractivity contribution in [3.63, 3.8) is 0 Å². The zero-order valence-electron chi connectivity index (χ0n) is 21.4. The van der Waals surface area contributed by atoms with Crippen LogP contribution in [0.5, 0.6) is 5.75 Å². The number of esters is 1. The van der Waals surface area contributed by atoms with Gasteiger partial charge in [0.1, 0.15) is 16.3 Å². The summed E-state index contributed by atoms with van der Waals surface area (Å²) < 4.78 is 10.6. The fraction of sp³-hybridized carbons (Fsp3) is 0.133. The van der Waals surface area contributed by atoms with Crippen LogP contribution in [-0.4, -0.2) is 37.4 Å². The van der Waals surface area contributed by atoms with E-state index < -0.39 is 23.7 Å². The lowest BCUT2D eigenvalue weighted by atomic mass is 10.0. The van der Waals surface area contributed by atoms with Crippen LogP contribution in [0.25, 0.3) is 11.1 Å². The number of imide groups is 1. The standard InChI is InChI=1S/C30H24N2O6S/c1-4-38-21-14-12-18(13-15-21)24-17(2)39-27(25(24)30(36)37-3)31-26(33)19-8-7-9-20(16-19)32-28(34)22-10-5-6-11-23(22)29(32)35/h5-16H,4H2,1-3H3,(H,31,33). The summed E-state index contributed by atoms with van der Waals surface area (Å²) in [5.74, 6) is -1.28. The maximum atomic E-state index is 13.3. The van der Waals surface area contributed by atoms with Crippen molar-refractivity contribution in [3.8, 4) is 16.9 Å². The Labute approximate surface area is 228 Å². The van der Waals surface area contributed by atoms with Crippen molar-refractivity contribution in [2.45, 2.75) is 13.8 Å². The van der Waals surface area contributed by atoms with E-state index in [0.29, 0.717) is 34.0 Å². The van der Waals surface area contributed by atoms with Gasteiger partial charge in [0.15, 0.2) is 0 Å². The molecule has 0 aliphatic carbocycles. The van der Waals surface area contributed by atoms with Crippen molar-refractivity contribution in [1.29, 1.82) is 0 Å². The lowest BCUT2D eigenvalue weighted by molar-refractivity contribution is 0.0603. The summed E-state index contributed by atoms with van der Waals surface area (Å²) in [5, 5.41) is 3.16. The number of amides is 3. The van der Waals surface area contributed by atoms with Crippen LogP contribution in [0.2, 0.25) is 0 Å². The van der Waals surface area contributed by atoms with E-state index in [-0.39, 0.29) is 16.8 Å². The van der Waals surface area contributed by atoms with Gasteiger partial charge in [-0.3, -0.25) is 14.4 Å². The molecule has 0 unspecified atom stereocenters. The van der Waals surface area contributed by atoms with Gasteiger partial charge in [0.25, 0.3) is 17.7 Å². The summed E-state index contributed by atoms with van der Waals surface area (Å²) in [6.07, 6.45) is 0. The maximum absolute atomic E-state index is 13.3. The number of methoxy groups -OCH3 is 1. The molecule has 5 rings (SSSR count). The second-order valence-electron chi connectivity index (χ2n) is 8.68. The van der Waals surface area contributed by atoms with Crippen LogP contribution in [0.4, 0.5) is 10.7 Å². The van der Waals surface area contributed by atoms with E-state index in [9.17, 15) is 19.2 Å². The van der Waals surface area contributed by atoms with E-state index in [1.165, 1.54) is 24.5 Å². The van der Waals surface area contributed by atoms with E-state index in [2.05, 4.69) is 5.32 Å². The van der Waals surface area contributed by atoms with Gasteiger partial charge < -0.3 is 14.8 Å². The lowest BCUT2D eigenvalue weighted by Crippen LogP contribution is -2.29. The predicted molar refractivity (Wildman–Crippen MR) is 149 cm³/mol. The number of hydrogen-bond donors (Lipinski definition) is 1. The first-order valence-corrected chi connectivity index (χ1v) is 13.0. The fourth-order valence-corrected chi connectivity index (χ4v) is 5.61. The zero-order chi connectivity index (χ0) is 27.7. The molecule has 0 saturated carbocycles. The monoisotopic (exact) mass is 540 g/mol. The Morgan fingerprint density at radius 1 is 0.923 bits per heavy atom. The number of nitrogens with zero attached hydrogens (tertiary/aromatic N) is 1. The molecule has 0 saturated heterocycles. The summed E-state index contributed by atoms with van der Waals surface area (Å²) in [5.41, 5.74) is 2.81. The second kappa shape index (κ2) is 10.5. The molecule has 0 bridgehead atoms.